The van der Waals surface area contributed by atoms with Crippen molar-refractivity contribution in [2.45, 2.75) is 6.92 Å². The number of halogens is 4. The summed E-state index contributed by atoms with van der Waals surface area (Å²) >= 11 is 9.09. The van der Waals surface area contributed by atoms with Gasteiger partial charge in [0.1, 0.15) is 11.6 Å². The Kier molecular flexibility index (Phi) is 3.50. The molecule has 4 heteroatoms. The minimum atomic E-state index is -0.629. The van der Waals surface area contributed by atoms with Crippen LogP contribution in [0.1, 0.15) is 5.56 Å². The van der Waals surface area contributed by atoms with Gasteiger partial charge in [-0.2, -0.15) is 0 Å². The molecule has 0 atom stereocenters. The molecule has 0 radical (unpaired) electrons. The molecule has 2 rings (SSSR count). The Morgan fingerprint density at radius 3 is 2.47 bits per heavy atom. The van der Waals surface area contributed by atoms with Gasteiger partial charge < -0.3 is 0 Å². The van der Waals surface area contributed by atoms with Gasteiger partial charge >= 0.3 is 0 Å². The molecule has 0 aliphatic rings. The minimum Gasteiger partial charge on any atom is -0.206 e. The van der Waals surface area contributed by atoms with E-state index in [1.165, 1.54) is 6.07 Å². The third-order valence-corrected chi connectivity index (χ3v) is 3.42. The summed E-state index contributed by atoms with van der Waals surface area (Å²) in [5.74, 6) is -1.25. The predicted octanol–water partition coefficient (Wildman–Crippen LogP) is 5.36. The highest BCUT2D eigenvalue weighted by atomic mass is 79.9. The SMILES string of the molecule is Cc1cccc(Cl)c1-c1cc(Br)c(F)cc1F. The van der Waals surface area contributed by atoms with E-state index in [9.17, 15) is 8.78 Å². The van der Waals surface area contributed by atoms with Crippen molar-refractivity contribution in [3.05, 3.63) is 57.0 Å². The minimum absolute atomic E-state index is 0.216. The zero-order valence-electron chi connectivity index (χ0n) is 8.90. The maximum Gasteiger partial charge on any atom is 0.140 e. The molecule has 0 aliphatic carbocycles. The fourth-order valence-electron chi connectivity index (χ4n) is 1.69. The quantitative estimate of drug-likeness (QED) is 0.621. The second-order valence-electron chi connectivity index (χ2n) is 3.68. The van der Waals surface area contributed by atoms with E-state index in [1.54, 1.807) is 12.1 Å². The standard InChI is InChI=1S/C13H8BrClF2/c1-7-3-2-4-10(15)13(7)8-5-9(14)12(17)6-11(8)16/h2-6H,1H3. The molecule has 2 aromatic carbocycles. The normalized spacial score (nSPS) is 10.6. The molecule has 0 unspecified atom stereocenters. The Morgan fingerprint density at radius 2 is 1.82 bits per heavy atom. The van der Waals surface area contributed by atoms with Crippen LogP contribution < -0.4 is 0 Å². The molecule has 0 bridgehead atoms. The van der Waals surface area contributed by atoms with Crippen LogP contribution in [0.2, 0.25) is 5.02 Å². The summed E-state index contributed by atoms with van der Waals surface area (Å²) in [6, 6.07) is 7.55. The van der Waals surface area contributed by atoms with E-state index in [1.807, 2.05) is 13.0 Å². The summed E-state index contributed by atoms with van der Waals surface area (Å²) in [5.41, 5.74) is 1.73. The molecule has 0 saturated carbocycles. The smallest absolute Gasteiger partial charge is 0.140 e. The van der Waals surface area contributed by atoms with Gasteiger partial charge in [-0.15, -0.1) is 0 Å². The number of benzene rings is 2. The highest BCUT2D eigenvalue weighted by Crippen LogP contribution is 2.35. The van der Waals surface area contributed by atoms with E-state index in [2.05, 4.69) is 15.9 Å². The summed E-state index contributed by atoms with van der Waals surface area (Å²) in [6.45, 7) is 1.83. The summed E-state index contributed by atoms with van der Waals surface area (Å²) in [5, 5.41) is 0.447. The topological polar surface area (TPSA) is 0 Å². The van der Waals surface area contributed by atoms with Gasteiger partial charge in [-0.25, -0.2) is 8.78 Å². The van der Waals surface area contributed by atoms with Gasteiger partial charge in [-0.1, -0.05) is 23.7 Å². The monoisotopic (exact) mass is 316 g/mol. The summed E-state index contributed by atoms with van der Waals surface area (Å²) in [4.78, 5) is 0. The third kappa shape index (κ3) is 2.35. The van der Waals surface area contributed by atoms with Crippen LogP contribution in [0.15, 0.2) is 34.8 Å². The lowest BCUT2D eigenvalue weighted by Crippen LogP contribution is -1.91. The molecule has 0 amide bonds. The number of rotatable bonds is 1. The second-order valence-corrected chi connectivity index (χ2v) is 4.94. The van der Waals surface area contributed by atoms with Crippen molar-refractivity contribution in [3.8, 4) is 11.1 Å². The van der Waals surface area contributed by atoms with E-state index >= 15 is 0 Å². The van der Waals surface area contributed by atoms with E-state index < -0.39 is 11.6 Å². The third-order valence-electron chi connectivity index (χ3n) is 2.50. The molecule has 2 aromatic rings. The van der Waals surface area contributed by atoms with Gasteiger partial charge in [0.2, 0.25) is 0 Å². The van der Waals surface area contributed by atoms with Crippen LogP contribution in [0, 0.1) is 18.6 Å². The van der Waals surface area contributed by atoms with Crippen LogP contribution in [0.25, 0.3) is 11.1 Å². The largest absolute Gasteiger partial charge is 0.206 e. The Hall–Kier alpha value is -0.930. The first kappa shape index (κ1) is 12.5. The Morgan fingerprint density at radius 1 is 1.12 bits per heavy atom. The Labute approximate surface area is 111 Å². The predicted molar refractivity (Wildman–Crippen MR) is 69.2 cm³/mol. The van der Waals surface area contributed by atoms with Gasteiger partial charge in [0, 0.05) is 22.2 Å². The average Bonchev–Trinajstić information content (AvgIpc) is 2.25. The Balaban J connectivity index is 2.73. The highest BCUT2D eigenvalue weighted by molar-refractivity contribution is 9.10. The number of aryl methyl sites for hydroxylation is 1. The first-order valence-electron chi connectivity index (χ1n) is 4.90. The number of hydrogen-bond acceptors (Lipinski definition) is 0. The molecule has 0 heterocycles. The van der Waals surface area contributed by atoms with Crippen molar-refractivity contribution in [1.82, 2.24) is 0 Å². The summed E-state index contributed by atoms with van der Waals surface area (Å²) in [7, 11) is 0. The lowest BCUT2D eigenvalue weighted by molar-refractivity contribution is 0.581. The lowest BCUT2D eigenvalue weighted by atomic mass is 10.00. The fraction of sp³-hybridized carbons (Fsp3) is 0.0769. The van der Waals surface area contributed by atoms with E-state index in [0.29, 0.717) is 16.1 Å². The molecule has 0 aliphatic heterocycles. The van der Waals surface area contributed by atoms with Gasteiger partial charge in [-0.05, 0) is 40.5 Å². The Bertz CT molecular complexity index is 562. The zero-order valence-corrected chi connectivity index (χ0v) is 11.2. The zero-order chi connectivity index (χ0) is 12.6. The first-order valence-corrected chi connectivity index (χ1v) is 6.08. The van der Waals surface area contributed by atoms with Crippen LogP contribution in [-0.2, 0) is 0 Å². The van der Waals surface area contributed by atoms with Crippen LogP contribution in [0.5, 0.6) is 0 Å². The van der Waals surface area contributed by atoms with Gasteiger partial charge in [0.25, 0.3) is 0 Å². The first-order chi connectivity index (χ1) is 8.00. The van der Waals surface area contributed by atoms with Crippen molar-refractivity contribution in [2.75, 3.05) is 0 Å². The molecule has 0 spiro atoms. The molecule has 0 N–H and O–H groups in total. The molecular formula is C13H8BrClF2. The average molecular weight is 318 g/mol. The van der Waals surface area contributed by atoms with Gasteiger partial charge in [0.05, 0.1) is 4.47 Å². The molecule has 0 aromatic heterocycles. The summed E-state index contributed by atoms with van der Waals surface area (Å²) in [6.07, 6.45) is 0. The van der Waals surface area contributed by atoms with Crippen molar-refractivity contribution in [3.63, 3.8) is 0 Å². The van der Waals surface area contributed by atoms with Crippen molar-refractivity contribution in [2.24, 2.45) is 0 Å². The van der Waals surface area contributed by atoms with Crippen molar-refractivity contribution < 1.29 is 8.78 Å². The summed E-state index contributed by atoms with van der Waals surface area (Å²) < 4.78 is 27.1. The van der Waals surface area contributed by atoms with Crippen molar-refractivity contribution in [1.29, 1.82) is 0 Å². The molecular weight excluding hydrogens is 309 g/mol. The van der Waals surface area contributed by atoms with E-state index in [-0.39, 0.29) is 4.47 Å². The van der Waals surface area contributed by atoms with Crippen LogP contribution >= 0.6 is 27.5 Å². The van der Waals surface area contributed by atoms with Crippen LogP contribution in [0.3, 0.4) is 0 Å². The molecule has 0 fully saturated rings. The second kappa shape index (κ2) is 4.75. The molecule has 0 saturated heterocycles. The van der Waals surface area contributed by atoms with Gasteiger partial charge in [0.15, 0.2) is 0 Å². The number of hydrogen-bond donors (Lipinski definition) is 0. The molecule has 88 valence electrons. The van der Waals surface area contributed by atoms with Gasteiger partial charge in [-0.3, -0.25) is 0 Å². The maximum atomic E-state index is 13.8. The molecule has 0 nitrogen and oxygen atoms in total. The van der Waals surface area contributed by atoms with E-state index in [0.717, 1.165) is 11.6 Å². The maximum absolute atomic E-state index is 13.8. The highest BCUT2D eigenvalue weighted by Gasteiger charge is 2.14. The van der Waals surface area contributed by atoms with Crippen LogP contribution in [-0.4, -0.2) is 0 Å². The van der Waals surface area contributed by atoms with Crippen molar-refractivity contribution >= 4 is 27.5 Å². The fourth-order valence-corrected chi connectivity index (χ4v) is 2.35. The van der Waals surface area contributed by atoms with Crippen LogP contribution in [0.4, 0.5) is 8.78 Å². The lowest BCUT2D eigenvalue weighted by Gasteiger charge is -2.10. The molecule has 17 heavy (non-hydrogen) atoms. The van der Waals surface area contributed by atoms with E-state index in [4.69, 9.17) is 11.6 Å².